The van der Waals surface area contributed by atoms with E-state index < -0.39 is 10.9 Å². The third-order valence-electron chi connectivity index (χ3n) is 4.61. The van der Waals surface area contributed by atoms with Crippen LogP contribution >= 0.6 is 11.8 Å². The van der Waals surface area contributed by atoms with Crippen LogP contribution in [-0.4, -0.2) is 39.0 Å². The first kappa shape index (κ1) is 21.1. The number of carboxylic acid groups (broad SMARTS) is 1. The minimum absolute atomic E-state index is 0.0737. The Labute approximate surface area is 185 Å². The summed E-state index contributed by atoms with van der Waals surface area (Å²) in [4.78, 5) is 40.5. The predicted octanol–water partition coefficient (Wildman–Crippen LogP) is 4.79. The smallest absolute Gasteiger partial charge is 0.335 e. The van der Waals surface area contributed by atoms with Gasteiger partial charge < -0.3 is 9.52 Å². The maximum Gasteiger partial charge on any atom is 0.335 e. The number of likely N-dealkylation sites (N-methyl/N-ethyl adjacent to an activating group) is 1. The number of carbonyl (C=O) groups is 2. The van der Waals surface area contributed by atoms with Crippen LogP contribution in [0.4, 0.5) is 11.4 Å². The molecule has 1 aliphatic rings. The number of para-hydroxylation sites is 1. The topological polar surface area (TPSA) is 126 Å². The molecule has 0 saturated carbocycles. The minimum atomic E-state index is -1.03. The van der Waals surface area contributed by atoms with Gasteiger partial charge in [-0.1, -0.05) is 12.1 Å². The average Bonchev–Trinajstić information content (AvgIpc) is 3.35. The van der Waals surface area contributed by atoms with Crippen molar-refractivity contribution in [2.75, 3.05) is 7.05 Å². The van der Waals surface area contributed by atoms with Crippen LogP contribution in [-0.2, 0) is 4.79 Å². The number of furan rings is 1. The number of carboxylic acids is 1. The van der Waals surface area contributed by atoms with Crippen LogP contribution in [0.2, 0.25) is 0 Å². The number of thioether (sulfide) groups is 1. The molecule has 2 aromatic carbocycles. The van der Waals surface area contributed by atoms with Gasteiger partial charge in [-0.25, -0.2) is 9.79 Å². The van der Waals surface area contributed by atoms with Gasteiger partial charge in [-0.15, -0.1) is 0 Å². The van der Waals surface area contributed by atoms with Gasteiger partial charge in [-0.05, 0) is 54.2 Å². The Morgan fingerprint density at radius 1 is 1.16 bits per heavy atom. The Bertz CT molecular complexity index is 1290. The highest BCUT2D eigenvalue weighted by Crippen LogP contribution is 2.35. The number of amides is 1. The van der Waals surface area contributed by atoms with E-state index in [4.69, 9.17) is 9.52 Å². The summed E-state index contributed by atoms with van der Waals surface area (Å²) < 4.78 is 5.73. The normalized spacial score (nSPS) is 16.2. The molecule has 9 nitrogen and oxygen atoms in total. The van der Waals surface area contributed by atoms with E-state index in [9.17, 15) is 19.7 Å². The summed E-state index contributed by atoms with van der Waals surface area (Å²) in [7, 11) is 1.58. The zero-order valence-electron chi connectivity index (χ0n) is 16.6. The lowest BCUT2D eigenvalue weighted by molar-refractivity contribution is -0.384. The number of nitro benzene ring substituents is 1. The Morgan fingerprint density at radius 3 is 2.56 bits per heavy atom. The van der Waals surface area contributed by atoms with Gasteiger partial charge in [-0.2, -0.15) is 0 Å². The summed E-state index contributed by atoms with van der Waals surface area (Å²) >= 11 is 1.14. The number of amidine groups is 1. The van der Waals surface area contributed by atoms with E-state index in [2.05, 4.69) is 4.99 Å². The summed E-state index contributed by atoms with van der Waals surface area (Å²) in [5, 5.41) is 20.7. The van der Waals surface area contributed by atoms with Crippen LogP contribution in [0, 0.1) is 10.1 Å². The van der Waals surface area contributed by atoms with Crippen LogP contribution in [0.25, 0.3) is 17.4 Å². The molecular formula is C22H15N3O6S. The van der Waals surface area contributed by atoms with E-state index in [0.717, 1.165) is 11.8 Å². The number of aromatic carboxylic acids is 1. The van der Waals surface area contributed by atoms with E-state index in [0.29, 0.717) is 32.8 Å². The number of benzene rings is 2. The Hall–Kier alpha value is -4.18. The maximum atomic E-state index is 12.6. The van der Waals surface area contributed by atoms with E-state index >= 15 is 0 Å². The molecule has 1 amide bonds. The second-order valence-corrected chi connectivity index (χ2v) is 7.71. The lowest BCUT2D eigenvalue weighted by atomic mass is 10.1. The van der Waals surface area contributed by atoms with Gasteiger partial charge in [0.25, 0.3) is 11.6 Å². The molecule has 1 saturated heterocycles. The highest BCUT2D eigenvalue weighted by molar-refractivity contribution is 8.18. The maximum absolute atomic E-state index is 12.6. The molecule has 1 N–H and O–H groups in total. The summed E-state index contributed by atoms with van der Waals surface area (Å²) in [5.41, 5.74) is 0.924. The molecule has 1 fully saturated rings. The van der Waals surface area contributed by atoms with Crippen LogP contribution in [0.5, 0.6) is 0 Å². The predicted molar refractivity (Wildman–Crippen MR) is 120 cm³/mol. The van der Waals surface area contributed by atoms with Gasteiger partial charge in [0.1, 0.15) is 11.5 Å². The van der Waals surface area contributed by atoms with Gasteiger partial charge in [0, 0.05) is 19.2 Å². The molecule has 2 heterocycles. The molecule has 0 spiro atoms. The number of nitro groups is 1. The molecule has 32 heavy (non-hydrogen) atoms. The molecular weight excluding hydrogens is 434 g/mol. The van der Waals surface area contributed by atoms with E-state index in [1.54, 1.807) is 55.6 Å². The van der Waals surface area contributed by atoms with E-state index in [1.165, 1.54) is 23.1 Å². The third-order valence-corrected chi connectivity index (χ3v) is 5.67. The Kier molecular flexibility index (Phi) is 5.61. The molecule has 0 radical (unpaired) electrons. The average molecular weight is 449 g/mol. The molecule has 0 bridgehead atoms. The molecule has 0 aliphatic carbocycles. The van der Waals surface area contributed by atoms with E-state index in [-0.39, 0.29) is 17.2 Å². The van der Waals surface area contributed by atoms with Crippen molar-refractivity contribution in [1.29, 1.82) is 0 Å². The Morgan fingerprint density at radius 2 is 1.88 bits per heavy atom. The molecule has 4 rings (SSSR count). The number of hydrogen-bond acceptors (Lipinski definition) is 7. The first-order valence-electron chi connectivity index (χ1n) is 9.27. The van der Waals surface area contributed by atoms with Crippen LogP contribution < -0.4 is 0 Å². The van der Waals surface area contributed by atoms with Crippen molar-refractivity contribution in [3.8, 4) is 11.3 Å². The lowest BCUT2D eigenvalue weighted by Gasteiger charge is -2.07. The molecule has 10 heteroatoms. The lowest BCUT2D eigenvalue weighted by Crippen LogP contribution is -2.23. The second-order valence-electron chi connectivity index (χ2n) is 6.70. The SMILES string of the molecule is CN1C(=O)C(=Cc2ccc(-c3ccccc3[N+](=O)[O-])o2)SC1=Nc1ccc(C(=O)O)cc1. The fraction of sp³-hybridized carbons (Fsp3) is 0.0455. The van der Waals surface area contributed by atoms with Crippen molar-refractivity contribution in [2.45, 2.75) is 0 Å². The van der Waals surface area contributed by atoms with E-state index in [1.807, 2.05) is 0 Å². The summed E-state index contributed by atoms with van der Waals surface area (Å²) in [5.74, 6) is -0.620. The van der Waals surface area contributed by atoms with Crippen molar-refractivity contribution in [1.82, 2.24) is 4.90 Å². The van der Waals surface area contributed by atoms with Crippen LogP contribution in [0.3, 0.4) is 0 Å². The summed E-state index contributed by atoms with van der Waals surface area (Å²) in [6.07, 6.45) is 1.55. The number of nitrogens with zero attached hydrogens (tertiary/aromatic N) is 3. The Balaban J connectivity index is 1.59. The van der Waals surface area contributed by atoms with Gasteiger partial charge in [0.05, 0.1) is 26.6 Å². The fourth-order valence-corrected chi connectivity index (χ4v) is 3.95. The van der Waals surface area contributed by atoms with Gasteiger partial charge in [0.15, 0.2) is 5.17 Å². The zero-order chi connectivity index (χ0) is 22.8. The quantitative estimate of drug-likeness (QED) is 0.337. The van der Waals surface area contributed by atoms with Gasteiger partial charge in [0.2, 0.25) is 0 Å². The molecule has 160 valence electrons. The second kappa shape index (κ2) is 8.52. The van der Waals surface area contributed by atoms with Gasteiger partial charge >= 0.3 is 5.97 Å². The molecule has 1 aliphatic heterocycles. The monoisotopic (exact) mass is 449 g/mol. The summed E-state index contributed by atoms with van der Waals surface area (Å²) in [6, 6.07) is 15.5. The van der Waals surface area contributed by atoms with Crippen LogP contribution in [0.15, 0.2) is 75.0 Å². The number of aliphatic imine (C=N–C) groups is 1. The van der Waals surface area contributed by atoms with Crippen molar-refractivity contribution in [3.63, 3.8) is 0 Å². The fourth-order valence-electron chi connectivity index (χ4n) is 2.99. The standard InChI is InChI=1S/C22H15N3O6S/c1-24-20(26)19(32-22(24)23-14-8-6-13(7-9-14)21(27)28)12-15-10-11-18(31-15)16-4-2-3-5-17(16)25(29)30/h2-12H,1H3,(H,27,28). The first-order chi connectivity index (χ1) is 15.3. The van der Waals surface area contributed by atoms with Crippen molar-refractivity contribution >= 4 is 46.3 Å². The number of carbonyl (C=O) groups excluding carboxylic acids is 1. The summed E-state index contributed by atoms with van der Waals surface area (Å²) in [6.45, 7) is 0. The van der Waals surface area contributed by atoms with Gasteiger partial charge in [-0.3, -0.25) is 19.8 Å². The van der Waals surface area contributed by atoms with Crippen molar-refractivity contribution < 1.29 is 24.0 Å². The zero-order valence-corrected chi connectivity index (χ0v) is 17.4. The molecule has 3 aromatic rings. The largest absolute Gasteiger partial charge is 0.478 e. The highest BCUT2D eigenvalue weighted by atomic mass is 32.2. The van der Waals surface area contributed by atoms with Crippen molar-refractivity contribution in [3.05, 3.63) is 87.0 Å². The number of hydrogen-bond donors (Lipinski definition) is 1. The molecule has 0 atom stereocenters. The highest BCUT2D eigenvalue weighted by Gasteiger charge is 2.31. The minimum Gasteiger partial charge on any atom is -0.478 e. The molecule has 0 unspecified atom stereocenters. The first-order valence-corrected chi connectivity index (χ1v) is 10.1. The third kappa shape index (κ3) is 4.16. The van der Waals surface area contributed by atoms with Crippen LogP contribution in [0.1, 0.15) is 16.1 Å². The number of rotatable bonds is 5. The molecule has 1 aromatic heterocycles. The van der Waals surface area contributed by atoms with Crippen molar-refractivity contribution in [2.24, 2.45) is 4.99 Å².